The first kappa shape index (κ1) is 11.8. The average Bonchev–Trinajstić information content (AvgIpc) is 2.34. The standard InChI is InChI=1S/C9H15NO3.ClH/c1-10-5-2-3-6(10)8(9(12)13)7(11)4-5;/h5-8,11H,2-4H2,1H3,(H,12,13);1H/t5?,6?,7-,8?;/m0./s1. The molecule has 0 saturated carbocycles. The van der Waals surface area contributed by atoms with Gasteiger partial charge in [0.2, 0.25) is 0 Å². The van der Waals surface area contributed by atoms with Crippen LogP contribution in [0.25, 0.3) is 0 Å². The summed E-state index contributed by atoms with van der Waals surface area (Å²) in [5, 5.41) is 18.6. The van der Waals surface area contributed by atoms with Gasteiger partial charge in [0.1, 0.15) is 0 Å². The molecule has 2 heterocycles. The van der Waals surface area contributed by atoms with Gasteiger partial charge in [-0.3, -0.25) is 9.69 Å². The van der Waals surface area contributed by atoms with E-state index in [1.54, 1.807) is 0 Å². The topological polar surface area (TPSA) is 60.8 Å². The third kappa shape index (κ3) is 1.62. The number of fused-ring (bicyclic) bond motifs is 2. The second kappa shape index (κ2) is 4.04. The van der Waals surface area contributed by atoms with Crippen LogP contribution in [0, 0.1) is 5.92 Å². The summed E-state index contributed by atoms with van der Waals surface area (Å²) in [6, 6.07) is 0.446. The Labute approximate surface area is 89.3 Å². The number of hydrogen-bond donors (Lipinski definition) is 2. The third-order valence-corrected chi connectivity index (χ3v) is 3.52. The molecule has 82 valence electrons. The van der Waals surface area contributed by atoms with E-state index in [0.29, 0.717) is 12.5 Å². The summed E-state index contributed by atoms with van der Waals surface area (Å²) in [6.45, 7) is 0. The highest BCUT2D eigenvalue weighted by Crippen LogP contribution is 2.38. The van der Waals surface area contributed by atoms with Gasteiger partial charge in [0.25, 0.3) is 0 Å². The molecule has 0 aromatic carbocycles. The van der Waals surface area contributed by atoms with Crippen LogP contribution in [0.2, 0.25) is 0 Å². The number of carbonyl (C=O) groups is 1. The number of aliphatic hydroxyl groups is 1. The molecule has 2 rings (SSSR count). The monoisotopic (exact) mass is 221 g/mol. The number of piperidine rings is 1. The number of nitrogens with zero attached hydrogens (tertiary/aromatic N) is 1. The van der Waals surface area contributed by atoms with E-state index >= 15 is 0 Å². The second-order valence-electron chi connectivity index (χ2n) is 4.13. The van der Waals surface area contributed by atoms with Crippen LogP contribution in [-0.4, -0.2) is 46.3 Å². The Kier molecular flexibility index (Phi) is 3.40. The lowest BCUT2D eigenvalue weighted by atomic mass is 9.88. The number of rotatable bonds is 1. The number of halogens is 1. The molecule has 3 unspecified atom stereocenters. The van der Waals surface area contributed by atoms with Gasteiger partial charge in [-0.15, -0.1) is 12.4 Å². The first-order valence-electron chi connectivity index (χ1n) is 4.74. The van der Waals surface area contributed by atoms with Crippen molar-refractivity contribution >= 4 is 18.4 Å². The molecule has 4 atom stereocenters. The van der Waals surface area contributed by atoms with Crippen LogP contribution in [0.4, 0.5) is 0 Å². The molecule has 0 aliphatic carbocycles. The van der Waals surface area contributed by atoms with Gasteiger partial charge in [0.15, 0.2) is 0 Å². The molecule has 14 heavy (non-hydrogen) atoms. The molecule has 2 aliphatic heterocycles. The Morgan fingerprint density at radius 2 is 2.07 bits per heavy atom. The van der Waals surface area contributed by atoms with E-state index in [9.17, 15) is 9.90 Å². The zero-order valence-electron chi connectivity index (χ0n) is 8.09. The van der Waals surface area contributed by atoms with Gasteiger partial charge >= 0.3 is 5.97 Å². The highest BCUT2D eigenvalue weighted by Gasteiger charge is 2.48. The number of carboxylic acids is 1. The van der Waals surface area contributed by atoms with Crippen molar-refractivity contribution in [1.29, 1.82) is 0 Å². The van der Waals surface area contributed by atoms with Gasteiger partial charge in [-0.2, -0.15) is 0 Å². The van der Waals surface area contributed by atoms with Gasteiger partial charge < -0.3 is 10.2 Å². The fourth-order valence-corrected chi connectivity index (χ4v) is 2.77. The molecular formula is C9H16ClNO3. The lowest BCUT2D eigenvalue weighted by Gasteiger charge is -2.38. The van der Waals surface area contributed by atoms with Gasteiger partial charge in [-0.05, 0) is 26.3 Å². The minimum absolute atomic E-state index is 0. The van der Waals surface area contributed by atoms with Crippen molar-refractivity contribution in [3.05, 3.63) is 0 Å². The van der Waals surface area contributed by atoms with Crippen molar-refractivity contribution in [1.82, 2.24) is 4.90 Å². The van der Waals surface area contributed by atoms with E-state index in [1.165, 1.54) is 0 Å². The highest BCUT2D eigenvalue weighted by molar-refractivity contribution is 5.85. The van der Waals surface area contributed by atoms with Crippen LogP contribution < -0.4 is 0 Å². The molecule has 5 heteroatoms. The van der Waals surface area contributed by atoms with E-state index in [1.807, 2.05) is 7.05 Å². The molecular weight excluding hydrogens is 206 g/mol. The Morgan fingerprint density at radius 1 is 1.43 bits per heavy atom. The zero-order valence-corrected chi connectivity index (χ0v) is 8.91. The molecule has 2 fully saturated rings. The summed E-state index contributed by atoms with van der Waals surface area (Å²) in [4.78, 5) is 13.0. The van der Waals surface area contributed by atoms with Gasteiger partial charge in [-0.1, -0.05) is 0 Å². The van der Waals surface area contributed by atoms with Crippen LogP contribution in [0.3, 0.4) is 0 Å². The van der Waals surface area contributed by atoms with Crippen LogP contribution in [0.1, 0.15) is 19.3 Å². The predicted octanol–water partition coefficient (Wildman–Crippen LogP) is 0.336. The number of aliphatic carboxylic acids is 1. The largest absolute Gasteiger partial charge is 0.481 e. The molecule has 4 nitrogen and oxygen atoms in total. The number of aliphatic hydroxyl groups excluding tert-OH is 1. The van der Waals surface area contributed by atoms with Crippen molar-refractivity contribution in [2.24, 2.45) is 5.92 Å². The summed E-state index contributed by atoms with van der Waals surface area (Å²) in [6.07, 6.45) is 1.91. The Hall–Kier alpha value is -0.320. The summed E-state index contributed by atoms with van der Waals surface area (Å²) in [7, 11) is 1.96. The van der Waals surface area contributed by atoms with Gasteiger partial charge in [0.05, 0.1) is 12.0 Å². The van der Waals surface area contributed by atoms with Gasteiger partial charge in [0, 0.05) is 12.1 Å². The van der Waals surface area contributed by atoms with Crippen molar-refractivity contribution in [3.63, 3.8) is 0 Å². The van der Waals surface area contributed by atoms with E-state index in [-0.39, 0.29) is 18.4 Å². The molecule has 0 amide bonds. The minimum atomic E-state index is -0.857. The molecule has 2 N–H and O–H groups in total. The van der Waals surface area contributed by atoms with Gasteiger partial charge in [-0.25, -0.2) is 0 Å². The summed E-state index contributed by atoms with van der Waals surface area (Å²) in [5.41, 5.74) is 0. The highest BCUT2D eigenvalue weighted by atomic mass is 35.5. The molecule has 0 aromatic rings. The van der Waals surface area contributed by atoms with Crippen LogP contribution in [-0.2, 0) is 4.79 Å². The van der Waals surface area contributed by atoms with E-state index in [0.717, 1.165) is 12.8 Å². The first-order chi connectivity index (χ1) is 6.11. The fraction of sp³-hybridized carbons (Fsp3) is 0.889. The Balaban J connectivity index is 0.000000980. The zero-order chi connectivity index (χ0) is 9.59. The molecule has 2 saturated heterocycles. The van der Waals surface area contributed by atoms with E-state index < -0.39 is 18.0 Å². The van der Waals surface area contributed by atoms with Crippen molar-refractivity contribution in [2.75, 3.05) is 7.05 Å². The quantitative estimate of drug-likeness (QED) is 0.670. The average molecular weight is 222 g/mol. The lowest BCUT2D eigenvalue weighted by molar-refractivity contribution is -0.151. The second-order valence-corrected chi connectivity index (χ2v) is 4.13. The first-order valence-corrected chi connectivity index (χ1v) is 4.74. The maximum atomic E-state index is 10.9. The van der Waals surface area contributed by atoms with E-state index in [2.05, 4.69) is 4.90 Å². The van der Waals surface area contributed by atoms with Crippen LogP contribution in [0.5, 0.6) is 0 Å². The van der Waals surface area contributed by atoms with Crippen molar-refractivity contribution < 1.29 is 15.0 Å². The van der Waals surface area contributed by atoms with Crippen LogP contribution >= 0.6 is 12.4 Å². The summed E-state index contributed by atoms with van der Waals surface area (Å²) >= 11 is 0. The predicted molar refractivity (Wildman–Crippen MR) is 53.6 cm³/mol. The normalized spacial score (nSPS) is 41.9. The summed E-state index contributed by atoms with van der Waals surface area (Å²) < 4.78 is 0. The fourth-order valence-electron chi connectivity index (χ4n) is 2.77. The molecule has 0 aromatic heterocycles. The Bertz CT molecular complexity index is 236. The van der Waals surface area contributed by atoms with Crippen molar-refractivity contribution in [3.8, 4) is 0 Å². The maximum absolute atomic E-state index is 10.9. The smallest absolute Gasteiger partial charge is 0.310 e. The number of carboxylic acid groups (broad SMARTS) is 1. The molecule has 0 spiro atoms. The molecule has 0 radical (unpaired) electrons. The molecule has 2 aliphatic rings. The van der Waals surface area contributed by atoms with Crippen molar-refractivity contribution in [2.45, 2.75) is 37.5 Å². The SMILES string of the molecule is CN1C2CCC1C(C(=O)O)[C@@H](O)C2.Cl. The summed E-state index contributed by atoms with van der Waals surface area (Å²) in [5.74, 6) is -1.44. The minimum Gasteiger partial charge on any atom is -0.481 e. The Morgan fingerprint density at radius 3 is 2.64 bits per heavy atom. The van der Waals surface area contributed by atoms with Crippen LogP contribution in [0.15, 0.2) is 0 Å². The number of hydrogen-bond acceptors (Lipinski definition) is 3. The molecule has 2 bridgehead atoms. The third-order valence-electron chi connectivity index (χ3n) is 3.52. The lowest BCUT2D eigenvalue weighted by Crippen LogP contribution is -2.51. The maximum Gasteiger partial charge on any atom is 0.310 e. The van der Waals surface area contributed by atoms with E-state index in [4.69, 9.17) is 5.11 Å².